The van der Waals surface area contributed by atoms with Gasteiger partial charge in [-0.1, -0.05) is 29.5 Å². The number of hydrogen-bond donors (Lipinski definition) is 1. The van der Waals surface area contributed by atoms with Crippen LogP contribution in [-0.4, -0.2) is 10.9 Å². The highest BCUT2D eigenvalue weighted by Gasteiger charge is 2.36. The Labute approximate surface area is 146 Å². The van der Waals surface area contributed by atoms with Crippen molar-refractivity contribution in [3.05, 3.63) is 59.2 Å². The van der Waals surface area contributed by atoms with Crippen LogP contribution in [0.1, 0.15) is 21.5 Å². The molecule has 1 heterocycles. The van der Waals surface area contributed by atoms with Crippen molar-refractivity contribution in [2.24, 2.45) is 0 Å². The standard InChI is InChI=1S/C16H8F6N2OS/c17-15(18,19)9-5-2-1-4-8(9)13(25)24-14-23-12-10(16(20,21)22)6-3-7-11(12)26-14/h1-7H,(H,23,24,25). The zero-order valence-corrected chi connectivity index (χ0v) is 13.4. The first kappa shape index (κ1) is 18.2. The second kappa shape index (κ2) is 6.27. The molecule has 0 fully saturated rings. The number of halogens is 6. The summed E-state index contributed by atoms with van der Waals surface area (Å²) in [5.74, 6) is -1.11. The summed E-state index contributed by atoms with van der Waals surface area (Å²) in [5.41, 5.74) is -3.14. The van der Waals surface area contributed by atoms with Gasteiger partial charge in [0.15, 0.2) is 5.13 Å². The molecule has 3 nitrogen and oxygen atoms in total. The Bertz CT molecular complexity index is 977. The molecule has 0 aliphatic carbocycles. The number of para-hydroxylation sites is 1. The molecule has 10 heteroatoms. The first-order chi connectivity index (χ1) is 12.1. The molecule has 2 aromatic carbocycles. The topological polar surface area (TPSA) is 42.0 Å². The molecule has 1 N–H and O–H groups in total. The molecule has 0 aliphatic heterocycles. The van der Waals surface area contributed by atoms with Gasteiger partial charge >= 0.3 is 12.4 Å². The van der Waals surface area contributed by atoms with Crippen LogP contribution in [0.15, 0.2) is 42.5 Å². The first-order valence-corrected chi connectivity index (χ1v) is 7.83. The predicted octanol–water partition coefficient (Wildman–Crippen LogP) is 5.59. The van der Waals surface area contributed by atoms with Gasteiger partial charge in [-0.3, -0.25) is 10.1 Å². The fourth-order valence-electron chi connectivity index (χ4n) is 2.32. The lowest BCUT2D eigenvalue weighted by molar-refractivity contribution is -0.138. The number of thiazole rings is 1. The molecule has 0 saturated carbocycles. The molecular weight excluding hydrogens is 382 g/mol. The quantitative estimate of drug-likeness (QED) is 0.580. The zero-order valence-electron chi connectivity index (χ0n) is 12.6. The summed E-state index contributed by atoms with van der Waals surface area (Å²) in [6.45, 7) is 0. The van der Waals surface area contributed by atoms with Crippen molar-refractivity contribution >= 4 is 32.6 Å². The molecular formula is C16H8F6N2OS. The number of carbonyl (C=O) groups excluding carboxylic acids is 1. The average molecular weight is 390 g/mol. The van der Waals surface area contributed by atoms with Crippen LogP contribution in [-0.2, 0) is 12.4 Å². The fourth-order valence-corrected chi connectivity index (χ4v) is 3.21. The Hall–Kier alpha value is -2.62. The van der Waals surface area contributed by atoms with Gasteiger partial charge in [-0.25, -0.2) is 4.98 Å². The van der Waals surface area contributed by atoms with E-state index in [0.29, 0.717) is 0 Å². The summed E-state index contributed by atoms with van der Waals surface area (Å²) >= 11 is 0.740. The summed E-state index contributed by atoms with van der Waals surface area (Å²) in [4.78, 5) is 15.9. The van der Waals surface area contributed by atoms with Gasteiger partial charge in [0.25, 0.3) is 5.91 Å². The molecule has 0 saturated heterocycles. The van der Waals surface area contributed by atoms with Crippen LogP contribution in [0.3, 0.4) is 0 Å². The van der Waals surface area contributed by atoms with E-state index in [9.17, 15) is 31.1 Å². The van der Waals surface area contributed by atoms with Crippen molar-refractivity contribution in [3.8, 4) is 0 Å². The van der Waals surface area contributed by atoms with Crippen LogP contribution < -0.4 is 5.32 Å². The number of nitrogens with one attached hydrogen (secondary N) is 1. The van der Waals surface area contributed by atoms with Crippen LogP contribution in [0.5, 0.6) is 0 Å². The highest BCUT2D eigenvalue weighted by atomic mass is 32.1. The number of carbonyl (C=O) groups is 1. The molecule has 1 amide bonds. The number of rotatable bonds is 2. The smallest absolute Gasteiger partial charge is 0.298 e. The third-order valence-corrected chi connectivity index (χ3v) is 4.36. The largest absolute Gasteiger partial charge is 0.418 e. The van der Waals surface area contributed by atoms with E-state index in [2.05, 4.69) is 10.3 Å². The van der Waals surface area contributed by atoms with Gasteiger partial charge < -0.3 is 0 Å². The SMILES string of the molecule is O=C(Nc1nc2c(C(F)(F)F)cccc2s1)c1ccccc1C(F)(F)F. The molecule has 26 heavy (non-hydrogen) atoms. The monoisotopic (exact) mass is 390 g/mol. The van der Waals surface area contributed by atoms with E-state index in [1.54, 1.807) is 0 Å². The number of fused-ring (bicyclic) bond motifs is 1. The number of amides is 1. The van der Waals surface area contributed by atoms with Gasteiger partial charge in [0.1, 0.15) is 0 Å². The maximum Gasteiger partial charge on any atom is 0.418 e. The Balaban J connectivity index is 1.97. The Morgan fingerprint density at radius 1 is 0.885 bits per heavy atom. The minimum Gasteiger partial charge on any atom is -0.298 e. The normalized spacial score (nSPS) is 12.4. The van der Waals surface area contributed by atoms with Gasteiger partial charge in [-0.2, -0.15) is 26.3 Å². The van der Waals surface area contributed by atoms with Crippen molar-refractivity contribution in [2.45, 2.75) is 12.4 Å². The lowest BCUT2D eigenvalue weighted by Gasteiger charge is -2.11. The number of benzene rings is 2. The average Bonchev–Trinajstić information content (AvgIpc) is 2.95. The van der Waals surface area contributed by atoms with E-state index in [4.69, 9.17) is 0 Å². The Morgan fingerprint density at radius 2 is 1.50 bits per heavy atom. The van der Waals surface area contributed by atoms with Crippen molar-refractivity contribution in [3.63, 3.8) is 0 Å². The summed E-state index contributed by atoms with van der Waals surface area (Å²) < 4.78 is 78.1. The van der Waals surface area contributed by atoms with E-state index < -0.39 is 35.0 Å². The van der Waals surface area contributed by atoms with Gasteiger partial charge in [-0.15, -0.1) is 0 Å². The van der Waals surface area contributed by atoms with Crippen molar-refractivity contribution in [2.75, 3.05) is 5.32 Å². The first-order valence-electron chi connectivity index (χ1n) is 7.01. The summed E-state index contributed by atoms with van der Waals surface area (Å²) in [5, 5.41) is 1.92. The molecule has 0 atom stereocenters. The molecule has 136 valence electrons. The lowest BCUT2D eigenvalue weighted by Crippen LogP contribution is -2.18. The highest BCUT2D eigenvalue weighted by Crippen LogP contribution is 2.38. The van der Waals surface area contributed by atoms with Crippen LogP contribution in [0.4, 0.5) is 31.5 Å². The second-order valence-electron chi connectivity index (χ2n) is 5.17. The number of aromatic nitrogens is 1. The van der Waals surface area contributed by atoms with Gasteiger partial charge in [-0.05, 0) is 24.3 Å². The molecule has 0 unspecified atom stereocenters. The number of nitrogens with zero attached hydrogens (tertiary/aromatic N) is 1. The zero-order chi connectivity index (χ0) is 19.1. The lowest BCUT2D eigenvalue weighted by atomic mass is 10.1. The molecule has 1 aromatic heterocycles. The van der Waals surface area contributed by atoms with Crippen LogP contribution in [0.25, 0.3) is 10.2 Å². The van der Waals surface area contributed by atoms with Crippen LogP contribution in [0, 0.1) is 0 Å². The van der Waals surface area contributed by atoms with E-state index in [-0.39, 0.29) is 15.3 Å². The number of anilines is 1. The minimum atomic E-state index is -4.75. The van der Waals surface area contributed by atoms with Crippen LogP contribution in [0.2, 0.25) is 0 Å². The minimum absolute atomic E-state index is 0.152. The van der Waals surface area contributed by atoms with Gasteiger partial charge in [0.05, 0.1) is 26.9 Å². The Kier molecular flexibility index (Phi) is 4.39. The van der Waals surface area contributed by atoms with Gasteiger partial charge in [0, 0.05) is 0 Å². The molecule has 0 radical (unpaired) electrons. The molecule has 3 aromatic rings. The van der Waals surface area contributed by atoms with E-state index in [1.165, 1.54) is 18.2 Å². The number of alkyl halides is 6. The van der Waals surface area contributed by atoms with Crippen LogP contribution >= 0.6 is 11.3 Å². The van der Waals surface area contributed by atoms with Gasteiger partial charge in [0.2, 0.25) is 0 Å². The third kappa shape index (κ3) is 3.50. The molecule has 0 bridgehead atoms. The third-order valence-electron chi connectivity index (χ3n) is 3.42. The van der Waals surface area contributed by atoms with E-state index in [1.807, 2.05) is 0 Å². The summed E-state index contributed by atoms with van der Waals surface area (Å²) in [6.07, 6.45) is -9.39. The maximum atomic E-state index is 13.0. The van der Waals surface area contributed by atoms with Crippen molar-refractivity contribution < 1.29 is 31.1 Å². The number of hydrogen-bond acceptors (Lipinski definition) is 3. The Morgan fingerprint density at radius 3 is 2.15 bits per heavy atom. The molecule has 0 aliphatic rings. The summed E-state index contributed by atoms with van der Waals surface area (Å²) in [6, 6.07) is 7.51. The predicted molar refractivity (Wildman–Crippen MR) is 84.0 cm³/mol. The maximum absolute atomic E-state index is 13.0. The summed E-state index contributed by atoms with van der Waals surface area (Å²) in [7, 11) is 0. The fraction of sp³-hybridized carbons (Fsp3) is 0.125. The van der Waals surface area contributed by atoms with E-state index >= 15 is 0 Å². The molecule has 3 rings (SSSR count). The highest BCUT2D eigenvalue weighted by molar-refractivity contribution is 7.22. The van der Waals surface area contributed by atoms with Crippen molar-refractivity contribution in [1.29, 1.82) is 0 Å². The second-order valence-corrected chi connectivity index (χ2v) is 6.20. The molecule has 0 spiro atoms. The van der Waals surface area contributed by atoms with Crippen molar-refractivity contribution in [1.82, 2.24) is 4.98 Å². The van der Waals surface area contributed by atoms with E-state index in [0.717, 1.165) is 35.6 Å².